The summed E-state index contributed by atoms with van der Waals surface area (Å²) < 4.78 is 9.40. The lowest BCUT2D eigenvalue weighted by Gasteiger charge is -2.07. The van der Waals surface area contributed by atoms with Crippen LogP contribution in [0.3, 0.4) is 0 Å². The van der Waals surface area contributed by atoms with Crippen molar-refractivity contribution in [1.29, 1.82) is 0 Å². The topological polar surface area (TPSA) is 49.0 Å². The highest BCUT2D eigenvalue weighted by Crippen LogP contribution is 2.33. The number of methoxy groups -OCH3 is 1. The van der Waals surface area contributed by atoms with Gasteiger partial charge in [-0.2, -0.15) is 0 Å². The number of aromatic nitrogens is 3. The Balaban J connectivity index is 1.75. The van der Waals surface area contributed by atoms with Gasteiger partial charge in [0, 0.05) is 40.5 Å². The van der Waals surface area contributed by atoms with Gasteiger partial charge in [-0.15, -0.1) is 0 Å². The van der Waals surface area contributed by atoms with Gasteiger partial charge in [0.2, 0.25) is 0 Å². The van der Waals surface area contributed by atoms with Crippen LogP contribution in [0.5, 0.6) is 0 Å². The summed E-state index contributed by atoms with van der Waals surface area (Å²) in [4.78, 5) is 16.8. The highest BCUT2D eigenvalue weighted by molar-refractivity contribution is 6.09. The van der Waals surface area contributed by atoms with E-state index < -0.39 is 0 Å². The Labute approximate surface area is 174 Å². The van der Waals surface area contributed by atoms with Crippen molar-refractivity contribution in [2.45, 2.75) is 26.9 Å². The monoisotopic (exact) mass is 397 g/mol. The molecule has 0 atom stereocenters. The Hall–Kier alpha value is -3.60. The van der Waals surface area contributed by atoms with Crippen LogP contribution in [0.15, 0.2) is 60.7 Å². The third-order valence-corrected chi connectivity index (χ3v) is 5.83. The zero-order valence-corrected chi connectivity index (χ0v) is 17.3. The highest BCUT2D eigenvalue weighted by Gasteiger charge is 2.16. The summed E-state index contributed by atoms with van der Waals surface area (Å²) in [5.41, 5.74) is 5.87. The maximum Gasteiger partial charge on any atom is 0.337 e. The first kappa shape index (κ1) is 18.4. The van der Waals surface area contributed by atoms with E-state index in [1.807, 2.05) is 6.07 Å². The van der Waals surface area contributed by atoms with Gasteiger partial charge in [-0.1, -0.05) is 18.2 Å². The van der Waals surface area contributed by atoms with Crippen molar-refractivity contribution >= 4 is 38.8 Å². The number of carbonyl (C=O) groups excluding carboxylic acids is 1. The minimum Gasteiger partial charge on any atom is -0.465 e. The lowest BCUT2D eigenvalue weighted by Crippen LogP contribution is -2.01. The van der Waals surface area contributed by atoms with E-state index in [1.54, 1.807) is 12.1 Å². The molecule has 3 aromatic carbocycles. The van der Waals surface area contributed by atoms with Crippen LogP contribution in [0.25, 0.3) is 44.2 Å². The van der Waals surface area contributed by atoms with E-state index in [4.69, 9.17) is 9.72 Å². The number of esters is 1. The van der Waals surface area contributed by atoms with Crippen LogP contribution in [0.4, 0.5) is 0 Å². The van der Waals surface area contributed by atoms with Gasteiger partial charge in [-0.05, 0) is 56.3 Å². The highest BCUT2D eigenvalue weighted by atomic mass is 16.5. The Morgan fingerprint density at radius 1 is 0.867 bits per heavy atom. The zero-order valence-electron chi connectivity index (χ0n) is 17.3. The summed E-state index contributed by atoms with van der Waals surface area (Å²) in [6, 6.07) is 20.6. The fourth-order valence-electron chi connectivity index (χ4n) is 4.45. The van der Waals surface area contributed by atoms with Crippen molar-refractivity contribution in [3.05, 3.63) is 66.2 Å². The molecule has 2 aromatic heterocycles. The van der Waals surface area contributed by atoms with E-state index in [-0.39, 0.29) is 5.97 Å². The van der Waals surface area contributed by atoms with E-state index >= 15 is 0 Å². The van der Waals surface area contributed by atoms with Gasteiger partial charge in [-0.3, -0.25) is 0 Å². The van der Waals surface area contributed by atoms with Crippen molar-refractivity contribution in [3.63, 3.8) is 0 Å². The van der Waals surface area contributed by atoms with E-state index in [1.165, 1.54) is 28.9 Å². The van der Waals surface area contributed by atoms with Crippen LogP contribution in [-0.2, 0) is 17.8 Å². The fourth-order valence-corrected chi connectivity index (χ4v) is 4.45. The first-order valence-electron chi connectivity index (χ1n) is 10.3. The third-order valence-electron chi connectivity index (χ3n) is 5.83. The van der Waals surface area contributed by atoms with E-state index in [9.17, 15) is 4.79 Å². The van der Waals surface area contributed by atoms with Crippen LogP contribution < -0.4 is 0 Å². The molecule has 5 aromatic rings. The van der Waals surface area contributed by atoms with Gasteiger partial charge >= 0.3 is 5.97 Å². The van der Waals surface area contributed by atoms with Crippen molar-refractivity contribution in [1.82, 2.24) is 14.1 Å². The molecule has 5 nitrogen and oxygen atoms in total. The molecule has 30 heavy (non-hydrogen) atoms. The second-order valence-electron chi connectivity index (χ2n) is 7.37. The molecule has 5 rings (SSSR count). The number of para-hydroxylation sites is 1. The van der Waals surface area contributed by atoms with Crippen LogP contribution in [-0.4, -0.2) is 27.2 Å². The van der Waals surface area contributed by atoms with E-state index in [0.29, 0.717) is 5.56 Å². The van der Waals surface area contributed by atoms with E-state index in [0.717, 1.165) is 35.5 Å². The summed E-state index contributed by atoms with van der Waals surface area (Å²) in [7, 11) is 1.39. The first-order valence-corrected chi connectivity index (χ1v) is 10.3. The van der Waals surface area contributed by atoms with Gasteiger partial charge in [0.15, 0.2) is 0 Å². The molecule has 0 bridgehead atoms. The van der Waals surface area contributed by atoms with Gasteiger partial charge in [0.05, 0.1) is 23.7 Å². The number of fused-ring (bicyclic) bond motifs is 4. The average Bonchev–Trinajstić information content (AvgIpc) is 3.32. The summed E-state index contributed by atoms with van der Waals surface area (Å²) >= 11 is 0. The van der Waals surface area contributed by atoms with Gasteiger partial charge in [0.1, 0.15) is 5.82 Å². The summed E-state index contributed by atoms with van der Waals surface area (Å²) in [6.45, 7) is 6.00. The normalized spacial score (nSPS) is 11.6. The van der Waals surface area contributed by atoms with E-state index in [2.05, 4.69) is 65.4 Å². The Morgan fingerprint density at radius 2 is 1.60 bits per heavy atom. The molecule has 0 saturated heterocycles. The van der Waals surface area contributed by atoms with Crippen LogP contribution in [0.2, 0.25) is 0 Å². The number of benzene rings is 3. The average molecular weight is 397 g/mol. The molecule has 0 radical (unpaired) electrons. The molecular formula is C25H23N3O2. The van der Waals surface area contributed by atoms with Gasteiger partial charge in [0.25, 0.3) is 0 Å². The largest absolute Gasteiger partial charge is 0.465 e. The molecule has 0 spiro atoms. The maximum atomic E-state index is 11.9. The van der Waals surface area contributed by atoms with Crippen molar-refractivity contribution in [2.24, 2.45) is 0 Å². The summed E-state index contributed by atoms with van der Waals surface area (Å²) in [5.74, 6) is 0.558. The number of ether oxygens (including phenoxy) is 1. The van der Waals surface area contributed by atoms with Crippen molar-refractivity contribution < 1.29 is 9.53 Å². The summed E-state index contributed by atoms with van der Waals surface area (Å²) in [6.07, 6.45) is 0. The zero-order chi connectivity index (χ0) is 20.8. The molecule has 0 amide bonds. The standard InChI is InChI=1S/C25H23N3O2/c1-4-27-21-9-7-6-8-18(21)19-14-16(10-12-22(19)27)24-26-20-15-17(25(29)30-3)11-13-23(20)28(24)5-2/h6-15H,4-5H2,1-3H3. The molecule has 0 saturated carbocycles. The predicted molar refractivity (Wildman–Crippen MR) is 121 cm³/mol. The lowest BCUT2D eigenvalue weighted by atomic mass is 10.1. The second kappa shape index (κ2) is 7.02. The van der Waals surface area contributed by atoms with Crippen LogP contribution >= 0.6 is 0 Å². The number of rotatable bonds is 4. The quantitative estimate of drug-likeness (QED) is 0.369. The number of carbonyl (C=O) groups is 1. The van der Waals surface area contributed by atoms with Crippen molar-refractivity contribution in [2.75, 3.05) is 7.11 Å². The molecule has 0 N–H and O–H groups in total. The second-order valence-corrected chi connectivity index (χ2v) is 7.37. The molecule has 0 fully saturated rings. The number of hydrogen-bond donors (Lipinski definition) is 0. The third kappa shape index (κ3) is 2.62. The minimum atomic E-state index is -0.349. The first-order chi connectivity index (χ1) is 14.7. The maximum absolute atomic E-state index is 11.9. The van der Waals surface area contributed by atoms with Gasteiger partial charge in [-0.25, -0.2) is 9.78 Å². The molecular weight excluding hydrogens is 374 g/mol. The number of imidazole rings is 1. The molecule has 2 heterocycles. The molecule has 0 aliphatic heterocycles. The molecule has 0 unspecified atom stereocenters. The molecule has 0 aliphatic rings. The molecule has 5 heteroatoms. The fraction of sp³-hybridized carbons (Fsp3) is 0.200. The Morgan fingerprint density at radius 3 is 2.37 bits per heavy atom. The molecule has 0 aliphatic carbocycles. The number of hydrogen-bond acceptors (Lipinski definition) is 3. The lowest BCUT2D eigenvalue weighted by molar-refractivity contribution is 0.0601. The Kier molecular flexibility index (Phi) is 4.31. The summed E-state index contributed by atoms with van der Waals surface area (Å²) in [5, 5.41) is 2.48. The number of nitrogens with zero attached hydrogens (tertiary/aromatic N) is 3. The van der Waals surface area contributed by atoms with Crippen molar-refractivity contribution in [3.8, 4) is 11.4 Å². The van der Waals surface area contributed by atoms with Gasteiger partial charge < -0.3 is 13.9 Å². The molecule has 150 valence electrons. The minimum absolute atomic E-state index is 0.349. The van der Waals surface area contributed by atoms with Crippen LogP contribution in [0.1, 0.15) is 24.2 Å². The number of aryl methyl sites for hydroxylation is 2. The predicted octanol–water partition coefficient (Wildman–Crippen LogP) is 5.64. The smallest absolute Gasteiger partial charge is 0.337 e. The van der Waals surface area contributed by atoms with Crippen LogP contribution in [0, 0.1) is 0 Å². The SMILES string of the molecule is CCn1c(-c2ccc3c(c2)c2ccccc2n3CC)nc2cc(C(=O)OC)ccc21. The Bertz CT molecular complexity index is 1430.